The maximum atomic E-state index is 11.0. The Balaban J connectivity index is 1.16. The minimum Gasteiger partial charge on any atom is -0.478 e. The van der Waals surface area contributed by atoms with Crippen LogP contribution in [0.15, 0.2) is 42.6 Å². The van der Waals surface area contributed by atoms with E-state index in [1.54, 1.807) is 18.3 Å². The van der Waals surface area contributed by atoms with Gasteiger partial charge < -0.3 is 15.3 Å². The number of carboxylic acids is 1. The van der Waals surface area contributed by atoms with Gasteiger partial charge in [0.2, 0.25) is 5.95 Å². The largest absolute Gasteiger partial charge is 0.478 e. The van der Waals surface area contributed by atoms with Crippen molar-refractivity contribution in [1.82, 2.24) is 25.1 Å². The number of H-pyrrole nitrogens is 1. The zero-order valence-electron chi connectivity index (χ0n) is 17.2. The average Bonchev–Trinajstić information content (AvgIpc) is 3.54. The highest BCUT2D eigenvalue weighted by Gasteiger charge is 2.25. The molecule has 2 aromatic heterocycles. The molecular weight excluding hydrogens is 394 g/mol. The number of carbonyl (C=O) groups is 1. The molecule has 2 fully saturated rings. The number of aromatic carboxylic acids is 1. The number of nitrogens with zero attached hydrogens (tertiary/aromatic N) is 5. The van der Waals surface area contributed by atoms with Crippen molar-refractivity contribution in [1.29, 1.82) is 0 Å². The van der Waals surface area contributed by atoms with Crippen molar-refractivity contribution in [3.63, 3.8) is 0 Å². The Kier molecular flexibility index (Phi) is 5.25. The van der Waals surface area contributed by atoms with Gasteiger partial charge in [-0.1, -0.05) is 12.1 Å². The molecule has 3 N–H and O–H groups in total. The van der Waals surface area contributed by atoms with E-state index in [0.717, 1.165) is 49.9 Å². The van der Waals surface area contributed by atoms with Crippen molar-refractivity contribution in [3.8, 4) is 0 Å². The predicted octanol–water partition coefficient (Wildman–Crippen LogP) is 2.84. The second-order valence-corrected chi connectivity index (χ2v) is 8.11. The molecule has 5 rings (SSSR count). The van der Waals surface area contributed by atoms with Crippen molar-refractivity contribution < 1.29 is 9.90 Å². The third-order valence-corrected chi connectivity index (χ3v) is 5.78. The Hall–Kier alpha value is -3.46. The summed E-state index contributed by atoms with van der Waals surface area (Å²) >= 11 is 0. The summed E-state index contributed by atoms with van der Waals surface area (Å²) in [6.07, 6.45) is 4.24. The minimum atomic E-state index is -0.896. The number of rotatable bonds is 7. The van der Waals surface area contributed by atoms with Gasteiger partial charge in [-0.25, -0.2) is 9.78 Å². The molecule has 1 aliphatic heterocycles. The normalized spacial score (nSPS) is 17.0. The van der Waals surface area contributed by atoms with E-state index in [0.29, 0.717) is 17.4 Å². The molecule has 0 unspecified atom stereocenters. The van der Waals surface area contributed by atoms with Crippen LogP contribution in [0.2, 0.25) is 0 Å². The number of hydrogen-bond donors (Lipinski definition) is 3. The molecule has 0 amide bonds. The lowest BCUT2D eigenvalue weighted by Crippen LogP contribution is -2.46. The van der Waals surface area contributed by atoms with Crippen LogP contribution in [0.5, 0.6) is 0 Å². The number of aromatic nitrogens is 4. The fraction of sp³-hybridized carbons (Fsp3) is 0.364. The Morgan fingerprint density at radius 2 is 1.87 bits per heavy atom. The smallest absolute Gasteiger partial charge is 0.335 e. The fourth-order valence-electron chi connectivity index (χ4n) is 3.82. The van der Waals surface area contributed by atoms with Crippen LogP contribution in [-0.4, -0.2) is 62.3 Å². The van der Waals surface area contributed by atoms with Gasteiger partial charge in [-0.2, -0.15) is 10.1 Å². The quantitative estimate of drug-likeness (QED) is 0.536. The number of hydrogen-bond acceptors (Lipinski definition) is 7. The summed E-state index contributed by atoms with van der Waals surface area (Å²) in [4.78, 5) is 24.7. The second-order valence-electron chi connectivity index (χ2n) is 8.11. The van der Waals surface area contributed by atoms with Crippen molar-refractivity contribution in [3.05, 3.63) is 59.4 Å². The molecule has 0 spiro atoms. The highest BCUT2D eigenvalue weighted by atomic mass is 16.4. The first kappa shape index (κ1) is 19.5. The third kappa shape index (κ3) is 4.66. The predicted molar refractivity (Wildman–Crippen MR) is 117 cm³/mol. The van der Waals surface area contributed by atoms with Gasteiger partial charge in [-0.05, 0) is 36.6 Å². The van der Waals surface area contributed by atoms with Gasteiger partial charge in [0, 0.05) is 56.6 Å². The molecule has 0 atom stereocenters. The van der Waals surface area contributed by atoms with E-state index in [1.807, 2.05) is 18.2 Å². The number of nitrogens with one attached hydrogen (secondary N) is 2. The Bertz CT molecular complexity index is 1050. The molecule has 1 saturated heterocycles. The Labute approximate surface area is 180 Å². The lowest BCUT2D eigenvalue weighted by Gasteiger charge is -2.34. The van der Waals surface area contributed by atoms with Crippen LogP contribution >= 0.6 is 0 Å². The highest BCUT2D eigenvalue weighted by molar-refractivity contribution is 5.87. The maximum absolute atomic E-state index is 11.0. The van der Waals surface area contributed by atoms with Gasteiger partial charge in [0.1, 0.15) is 5.82 Å². The summed E-state index contributed by atoms with van der Waals surface area (Å²) in [5, 5.41) is 19.7. The van der Waals surface area contributed by atoms with Gasteiger partial charge in [0.25, 0.3) is 0 Å². The summed E-state index contributed by atoms with van der Waals surface area (Å²) in [6, 6.07) is 11.0. The summed E-state index contributed by atoms with van der Waals surface area (Å²) in [5.74, 6) is 1.97. The molecule has 9 heteroatoms. The van der Waals surface area contributed by atoms with E-state index < -0.39 is 5.97 Å². The zero-order valence-corrected chi connectivity index (χ0v) is 17.2. The van der Waals surface area contributed by atoms with Gasteiger partial charge in [0.05, 0.1) is 5.56 Å². The molecular formula is C22H25N7O2. The van der Waals surface area contributed by atoms with Gasteiger partial charge >= 0.3 is 5.97 Å². The van der Waals surface area contributed by atoms with E-state index in [4.69, 9.17) is 5.11 Å². The highest BCUT2D eigenvalue weighted by Crippen LogP contribution is 2.39. The van der Waals surface area contributed by atoms with E-state index in [2.05, 4.69) is 41.3 Å². The monoisotopic (exact) mass is 419 g/mol. The minimum absolute atomic E-state index is 0.317. The summed E-state index contributed by atoms with van der Waals surface area (Å²) in [5.41, 5.74) is 2.62. The van der Waals surface area contributed by atoms with Crippen LogP contribution in [0.3, 0.4) is 0 Å². The summed E-state index contributed by atoms with van der Waals surface area (Å²) in [7, 11) is 0. The molecule has 160 valence electrons. The van der Waals surface area contributed by atoms with Crippen LogP contribution in [0, 0.1) is 0 Å². The summed E-state index contributed by atoms with van der Waals surface area (Å²) < 4.78 is 0. The van der Waals surface area contributed by atoms with Crippen LogP contribution in [0.25, 0.3) is 0 Å². The molecule has 1 aromatic carbocycles. The lowest BCUT2D eigenvalue weighted by atomic mass is 10.1. The van der Waals surface area contributed by atoms with Crippen LogP contribution in [0.1, 0.15) is 40.4 Å². The molecule has 0 radical (unpaired) electrons. The molecule has 3 heterocycles. The first-order valence-electron chi connectivity index (χ1n) is 10.6. The van der Waals surface area contributed by atoms with E-state index in [-0.39, 0.29) is 0 Å². The molecule has 31 heavy (non-hydrogen) atoms. The van der Waals surface area contributed by atoms with Gasteiger partial charge in [-0.3, -0.25) is 10.00 Å². The van der Waals surface area contributed by atoms with E-state index in [1.165, 1.54) is 18.5 Å². The van der Waals surface area contributed by atoms with Gasteiger partial charge in [0.15, 0.2) is 5.82 Å². The Morgan fingerprint density at radius 1 is 1.10 bits per heavy atom. The third-order valence-electron chi connectivity index (χ3n) is 5.78. The number of piperazine rings is 1. The number of aromatic amines is 1. The number of anilines is 3. The summed E-state index contributed by atoms with van der Waals surface area (Å²) in [6.45, 7) is 4.27. The van der Waals surface area contributed by atoms with Crippen molar-refractivity contribution in [2.45, 2.75) is 25.3 Å². The van der Waals surface area contributed by atoms with Crippen LogP contribution < -0.4 is 10.2 Å². The lowest BCUT2D eigenvalue weighted by molar-refractivity contribution is 0.0697. The van der Waals surface area contributed by atoms with E-state index in [9.17, 15) is 4.79 Å². The SMILES string of the molecule is O=C(O)c1ccc(CN2CCN(c3nccc(Nc4cc(C5CC5)[nH]n4)n3)CC2)cc1. The topological polar surface area (TPSA) is 110 Å². The number of benzene rings is 1. The fourth-order valence-corrected chi connectivity index (χ4v) is 3.82. The van der Waals surface area contributed by atoms with Crippen LogP contribution in [-0.2, 0) is 6.54 Å². The zero-order chi connectivity index (χ0) is 21.2. The second kappa shape index (κ2) is 8.35. The van der Waals surface area contributed by atoms with Crippen LogP contribution in [0.4, 0.5) is 17.6 Å². The Morgan fingerprint density at radius 3 is 2.58 bits per heavy atom. The maximum Gasteiger partial charge on any atom is 0.335 e. The number of carboxylic acid groups (broad SMARTS) is 1. The molecule has 1 saturated carbocycles. The van der Waals surface area contributed by atoms with Crippen molar-refractivity contribution in [2.24, 2.45) is 0 Å². The molecule has 9 nitrogen and oxygen atoms in total. The van der Waals surface area contributed by atoms with Crippen molar-refractivity contribution in [2.75, 3.05) is 36.4 Å². The molecule has 0 bridgehead atoms. The standard InChI is InChI=1S/C22H25N7O2/c30-21(31)17-3-1-15(2-4-17)14-28-9-11-29(12-10-28)22-23-8-7-19(25-22)24-20-13-18(26-27-20)16-5-6-16/h1-4,7-8,13,16H,5-6,9-12,14H2,(H,30,31)(H2,23,24,25,26,27). The molecule has 1 aliphatic carbocycles. The molecule has 2 aliphatic rings. The van der Waals surface area contributed by atoms with Crippen molar-refractivity contribution >= 4 is 23.6 Å². The molecule has 3 aromatic rings. The average molecular weight is 419 g/mol. The van der Waals surface area contributed by atoms with Gasteiger partial charge in [-0.15, -0.1) is 0 Å². The first-order valence-corrected chi connectivity index (χ1v) is 10.6. The first-order chi connectivity index (χ1) is 15.1. The van der Waals surface area contributed by atoms with E-state index >= 15 is 0 Å².